The third-order valence-electron chi connectivity index (χ3n) is 5.42. The SMILES string of the molecule is Cc1ccc(-c2ccc(C(=O)NC(=S)Nc3ccc(NC(=O)c4ccc(Cl)cc4Cl)cc3)o2)cc1C. The van der Waals surface area contributed by atoms with E-state index >= 15 is 0 Å². The van der Waals surface area contributed by atoms with Crippen LogP contribution in [0.1, 0.15) is 32.0 Å². The number of thiocarbonyl (C=S) groups is 1. The van der Waals surface area contributed by atoms with Gasteiger partial charge in [0.15, 0.2) is 10.9 Å². The number of benzene rings is 3. The maximum absolute atomic E-state index is 12.6. The molecule has 6 nitrogen and oxygen atoms in total. The Balaban J connectivity index is 1.33. The fraction of sp³-hybridized carbons (Fsp3) is 0.0741. The highest BCUT2D eigenvalue weighted by Gasteiger charge is 2.15. The summed E-state index contributed by atoms with van der Waals surface area (Å²) >= 11 is 17.2. The number of halogens is 2. The normalized spacial score (nSPS) is 10.6. The standard InChI is InChI=1S/C27H21Cl2N3O3S/c1-15-3-4-17(13-16(15)2)23-11-12-24(35-23)26(34)32-27(36)31-20-8-6-19(7-9-20)30-25(33)21-10-5-18(28)14-22(21)29/h3-14H,1-2H3,(H,30,33)(H2,31,32,34,36). The molecule has 4 aromatic rings. The van der Waals surface area contributed by atoms with Gasteiger partial charge < -0.3 is 15.1 Å². The number of hydrogen-bond acceptors (Lipinski definition) is 4. The van der Waals surface area contributed by atoms with Crippen LogP contribution in [0.5, 0.6) is 0 Å². The molecule has 3 N–H and O–H groups in total. The van der Waals surface area contributed by atoms with Crippen LogP contribution in [0.15, 0.2) is 77.2 Å². The Morgan fingerprint density at radius 3 is 2.14 bits per heavy atom. The van der Waals surface area contributed by atoms with E-state index in [2.05, 4.69) is 16.0 Å². The number of aryl methyl sites for hydroxylation is 2. The number of carbonyl (C=O) groups excluding carboxylic acids is 2. The zero-order valence-electron chi connectivity index (χ0n) is 19.3. The minimum Gasteiger partial charge on any atom is -0.451 e. The van der Waals surface area contributed by atoms with Gasteiger partial charge in [-0.3, -0.25) is 14.9 Å². The molecule has 9 heteroatoms. The summed E-state index contributed by atoms with van der Waals surface area (Å²) in [4.78, 5) is 25.0. The van der Waals surface area contributed by atoms with Crippen molar-refractivity contribution >= 4 is 63.7 Å². The van der Waals surface area contributed by atoms with Gasteiger partial charge in [0.1, 0.15) is 5.76 Å². The molecular formula is C27H21Cl2N3O3S. The second-order valence-corrected chi connectivity index (χ2v) is 9.28. The molecule has 0 aliphatic rings. The Morgan fingerprint density at radius 2 is 1.47 bits per heavy atom. The highest BCUT2D eigenvalue weighted by Crippen LogP contribution is 2.25. The molecule has 0 bridgehead atoms. The maximum atomic E-state index is 12.6. The first-order valence-corrected chi connectivity index (χ1v) is 12.0. The van der Waals surface area contributed by atoms with E-state index < -0.39 is 5.91 Å². The topological polar surface area (TPSA) is 83.4 Å². The van der Waals surface area contributed by atoms with Gasteiger partial charge in [-0.15, -0.1) is 0 Å². The van der Waals surface area contributed by atoms with Crippen LogP contribution in [0.25, 0.3) is 11.3 Å². The van der Waals surface area contributed by atoms with Crippen LogP contribution in [0, 0.1) is 13.8 Å². The van der Waals surface area contributed by atoms with Crippen molar-refractivity contribution in [3.8, 4) is 11.3 Å². The molecule has 1 aromatic heterocycles. The Labute approximate surface area is 223 Å². The molecule has 0 unspecified atom stereocenters. The Bertz CT molecular complexity index is 1470. The molecule has 0 saturated heterocycles. The summed E-state index contributed by atoms with van der Waals surface area (Å²) in [6.45, 7) is 4.06. The second kappa shape index (κ2) is 11.0. The van der Waals surface area contributed by atoms with E-state index in [4.69, 9.17) is 39.8 Å². The number of rotatable bonds is 5. The molecule has 0 atom stereocenters. The summed E-state index contributed by atoms with van der Waals surface area (Å²) < 4.78 is 5.73. The van der Waals surface area contributed by atoms with E-state index in [1.54, 1.807) is 48.5 Å². The minimum atomic E-state index is -0.466. The smallest absolute Gasteiger partial charge is 0.293 e. The summed E-state index contributed by atoms with van der Waals surface area (Å²) in [5, 5.41) is 9.11. The Kier molecular flexibility index (Phi) is 7.74. The summed E-state index contributed by atoms with van der Waals surface area (Å²) in [5.41, 5.74) is 4.70. The predicted molar refractivity (Wildman–Crippen MR) is 148 cm³/mol. The van der Waals surface area contributed by atoms with Crippen LogP contribution in [0.2, 0.25) is 10.0 Å². The number of hydrogen-bond donors (Lipinski definition) is 3. The molecular weight excluding hydrogens is 517 g/mol. The molecule has 3 aromatic carbocycles. The van der Waals surface area contributed by atoms with Gasteiger partial charge in [0, 0.05) is 22.0 Å². The lowest BCUT2D eigenvalue weighted by Crippen LogP contribution is -2.33. The summed E-state index contributed by atoms with van der Waals surface area (Å²) in [7, 11) is 0. The Hall–Kier alpha value is -3.65. The molecule has 0 fully saturated rings. The van der Waals surface area contributed by atoms with Gasteiger partial charge >= 0.3 is 0 Å². The lowest BCUT2D eigenvalue weighted by Gasteiger charge is -2.10. The van der Waals surface area contributed by atoms with Crippen molar-refractivity contribution in [1.82, 2.24) is 5.32 Å². The summed E-state index contributed by atoms with van der Waals surface area (Å²) in [5.74, 6) is -0.0870. The molecule has 0 spiro atoms. The van der Waals surface area contributed by atoms with Crippen molar-refractivity contribution in [3.05, 3.63) is 105 Å². The number of anilines is 2. The third-order valence-corrected chi connectivity index (χ3v) is 6.18. The van der Waals surface area contributed by atoms with Crippen LogP contribution in [-0.2, 0) is 0 Å². The zero-order chi connectivity index (χ0) is 25.8. The average Bonchev–Trinajstić information content (AvgIpc) is 3.32. The molecule has 2 amide bonds. The molecule has 0 saturated carbocycles. The van der Waals surface area contributed by atoms with Gasteiger partial charge in [-0.25, -0.2) is 0 Å². The van der Waals surface area contributed by atoms with E-state index in [1.165, 1.54) is 11.6 Å². The van der Waals surface area contributed by atoms with Gasteiger partial charge in [-0.05, 0) is 97.9 Å². The monoisotopic (exact) mass is 537 g/mol. The number of furan rings is 1. The number of carbonyl (C=O) groups is 2. The van der Waals surface area contributed by atoms with Gasteiger partial charge in [-0.2, -0.15) is 0 Å². The van der Waals surface area contributed by atoms with E-state index in [0.29, 0.717) is 27.7 Å². The Morgan fingerprint density at radius 1 is 0.778 bits per heavy atom. The van der Waals surface area contributed by atoms with E-state index in [0.717, 1.165) is 11.1 Å². The summed E-state index contributed by atoms with van der Waals surface area (Å²) in [6.07, 6.45) is 0. The quantitative estimate of drug-likeness (QED) is 0.233. The number of amides is 2. The van der Waals surface area contributed by atoms with Gasteiger partial charge in [0.05, 0.1) is 10.6 Å². The highest BCUT2D eigenvalue weighted by molar-refractivity contribution is 7.80. The van der Waals surface area contributed by atoms with E-state index in [1.807, 2.05) is 32.0 Å². The number of nitrogens with one attached hydrogen (secondary N) is 3. The van der Waals surface area contributed by atoms with E-state index in [-0.39, 0.29) is 21.8 Å². The first-order valence-electron chi connectivity index (χ1n) is 10.9. The molecule has 182 valence electrons. The van der Waals surface area contributed by atoms with E-state index in [9.17, 15) is 9.59 Å². The maximum Gasteiger partial charge on any atom is 0.293 e. The molecule has 4 rings (SSSR count). The van der Waals surface area contributed by atoms with Crippen LogP contribution in [0.4, 0.5) is 11.4 Å². The van der Waals surface area contributed by atoms with Crippen LogP contribution >= 0.6 is 35.4 Å². The predicted octanol–water partition coefficient (Wildman–Crippen LogP) is 7.25. The molecule has 0 aliphatic heterocycles. The lowest BCUT2D eigenvalue weighted by atomic mass is 10.1. The lowest BCUT2D eigenvalue weighted by molar-refractivity contribution is 0.0950. The van der Waals surface area contributed by atoms with Crippen LogP contribution < -0.4 is 16.0 Å². The molecule has 1 heterocycles. The average molecular weight is 538 g/mol. The second-order valence-electron chi connectivity index (χ2n) is 8.03. The summed E-state index contributed by atoms with van der Waals surface area (Å²) in [6, 6.07) is 20.8. The van der Waals surface area contributed by atoms with Crippen molar-refractivity contribution in [2.24, 2.45) is 0 Å². The molecule has 0 aliphatic carbocycles. The van der Waals surface area contributed by atoms with Gasteiger partial charge in [0.2, 0.25) is 0 Å². The third kappa shape index (κ3) is 6.12. The van der Waals surface area contributed by atoms with Crippen LogP contribution in [-0.4, -0.2) is 16.9 Å². The minimum absolute atomic E-state index is 0.105. The molecule has 0 radical (unpaired) electrons. The largest absolute Gasteiger partial charge is 0.451 e. The first kappa shape index (κ1) is 25.4. The van der Waals surface area contributed by atoms with Crippen molar-refractivity contribution in [3.63, 3.8) is 0 Å². The first-order chi connectivity index (χ1) is 17.2. The van der Waals surface area contributed by atoms with Crippen molar-refractivity contribution in [1.29, 1.82) is 0 Å². The highest BCUT2D eigenvalue weighted by atomic mass is 35.5. The van der Waals surface area contributed by atoms with Crippen molar-refractivity contribution < 1.29 is 14.0 Å². The van der Waals surface area contributed by atoms with Gasteiger partial charge in [-0.1, -0.05) is 35.3 Å². The fourth-order valence-electron chi connectivity index (χ4n) is 3.35. The van der Waals surface area contributed by atoms with Crippen LogP contribution in [0.3, 0.4) is 0 Å². The van der Waals surface area contributed by atoms with Crippen molar-refractivity contribution in [2.75, 3.05) is 10.6 Å². The van der Waals surface area contributed by atoms with Crippen molar-refractivity contribution in [2.45, 2.75) is 13.8 Å². The van der Waals surface area contributed by atoms with Gasteiger partial charge in [0.25, 0.3) is 11.8 Å². The zero-order valence-corrected chi connectivity index (χ0v) is 21.6. The fourth-order valence-corrected chi connectivity index (χ4v) is 4.05. The molecule has 36 heavy (non-hydrogen) atoms.